The maximum absolute atomic E-state index is 8.76. The van der Waals surface area contributed by atoms with Crippen molar-refractivity contribution in [3.05, 3.63) is 47.7 Å². The van der Waals surface area contributed by atoms with Crippen LogP contribution in [0.1, 0.15) is 25.1 Å². The number of rotatable bonds is 4. The number of ether oxygens (including phenoxy) is 1. The third-order valence-corrected chi connectivity index (χ3v) is 2.97. The molecule has 2 rings (SSSR count). The van der Waals surface area contributed by atoms with E-state index in [1.807, 2.05) is 57.2 Å². The van der Waals surface area contributed by atoms with Crippen LogP contribution in [0.5, 0.6) is 5.75 Å². The van der Waals surface area contributed by atoms with E-state index in [2.05, 4.69) is 11.1 Å². The highest BCUT2D eigenvalue weighted by molar-refractivity contribution is 5.61. The Bertz CT molecular complexity index is 642. The lowest BCUT2D eigenvalue weighted by Gasteiger charge is -2.11. The number of aryl methyl sites for hydroxylation is 1. The summed E-state index contributed by atoms with van der Waals surface area (Å²) in [5.41, 5.74) is 3.80. The zero-order chi connectivity index (χ0) is 14.5. The van der Waals surface area contributed by atoms with Crippen molar-refractivity contribution < 1.29 is 4.74 Å². The Balaban J connectivity index is 2.32. The summed E-state index contributed by atoms with van der Waals surface area (Å²) in [4.78, 5) is 4.58. The Kier molecular flexibility index (Phi) is 4.37. The minimum Gasteiger partial charge on any atom is -0.491 e. The molecule has 0 N–H and O–H groups in total. The van der Waals surface area contributed by atoms with Crippen LogP contribution in [-0.2, 0) is 6.42 Å². The van der Waals surface area contributed by atoms with E-state index >= 15 is 0 Å². The second-order valence-electron chi connectivity index (χ2n) is 4.97. The molecule has 1 aromatic carbocycles. The summed E-state index contributed by atoms with van der Waals surface area (Å²) in [5, 5.41) is 8.76. The molecule has 3 nitrogen and oxygen atoms in total. The van der Waals surface area contributed by atoms with Crippen LogP contribution in [0.3, 0.4) is 0 Å². The first-order chi connectivity index (χ1) is 9.60. The van der Waals surface area contributed by atoms with Gasteiger partial charge in [-0.1, -0.05) is 18.2 Å². The molecule has 0 saturated carbocycles. The zero-order valence-electron chi connectivity index (χ0n) is 12.1. The highest BCUT2D eigenvalue weighted by atomic mass is 16.5. The summed E-state index contributed by atoms with van der Waals surface area (Å²) in [7, 11) is 0. The number of nitrogens with zero attached hydrogens (tertiary/aromatic N) is 2. The van der Waals surface area contributed by atoms with E-state index in [0.717, 1.165) is 28.3 Å². The van der Waals surface area contributed by atoms with Crippen LogP contribution in [0, 0.1) is 18.3 Å². The molecule has 0 fully saturated rings. The van der Waals surface area contributed by atoms with Crippen LogP contribution >= 0.6 is 0 Å². The van der Waals surface area contributed by atoms with Crippen LogP contribution in [0.4, 0.5) is 0 Å². The highest BCUT2D eigenvalue weighted by Crippen LogP contribution is 2.24. The first-order valence-electron chi connectivity index (χ1n) is 6.70. The van der Waals surface area contributed by atoms with Gasteiger partial charge in [0, 0.05) is 11.3 Å². The molecule has 0 bridgehead atoms. The van der Waals surface area contributed by atoms with Gasteiger partial charge in [-0.3, -0.25) is 4.98 Å². The van der Waals surface area contributed by atoms with Crippen molar-refractivity contribution in [2.45, 2.75) is 33.3 Å². The minimum absolute atomic E-state index is 0.151. The first kappa shape index (κ1) is 14.1. The molecule has 0 amide bonds. The number of aromatic nitrogens is 1. The van der Waals surface area contributed by atoms with Gasteiger partial charge < -0.3 is 4.74 Å². The SMILES string of the molecule is Cc1nc(-c2cccc(OC(C)C)c2)ccc1CC#N. The Morgan fingerprint density at radius 1 is 1.25 bits per heavy atom. The fourth-order valence-electron chi connectivity index (χ4n) is 2.02. The van der Waals surface area contributed by atoms with E-state index in [0.29, 0.717) is 6.42 Å². The van der Waals surface area contributed by atoms with Crippen molar-refractivity contribution in [2.24, 2.45) is 0 Å². The Hall–Kier alpha value is -2.34. The molecule has 0 atom stereocenters. The van der Waals surface area contributed by atoms with Gasteiger partial charge >= 0.3 is 0 Å². The molecule has 0 unspecified atom stereocenters. The molecule has 1 aromatic heterocycles. The third kappa shape index (κ3) is 3.36. The van der Waals surface area contributed by atoms with Gasteiger partial charge in [0.2, 0.25) is 0 Å². The molecular weight excluding hydrogens is 248 g/mol. The van der Waals surface area contributed by atoms with E-state index in [1.165, 1.54) is 0 Å². The number of hydrogen-bond donors (Lipinski definition) is 0. The fourth-order valence-corrected chi connectivity index (χ4v) is 2.02. The van der Waals surface area contributed by atoms with Gasteiger partial charge in [-0.05, 0) is 44.5 Å². The second kappa shape index (κ2) is 6.21. The molecule has 0 saturated heterocycles. The maximum Gasteiger partial charge on any atom is 0.120 e. The smallest absolute Gasteiger partial charge is 0.120 e. The quantitative estimate of drug-likeness (QED) is 0.842. The van der Waals surface area contributed by atoms with Gasteiger partial charge in [0.1, 0.15) is 5.75 Å². The summed E-state index contributed by atoms with van der Waals surface area (Å²) in [6.07, 6.45) is 0.549. The lowest BCUT2D eigenvalue weighted by Crippen LogP contribution is -2.05. The van der Waals surface area contributed by atoms with Gasteiger partial charge in [0.15, 0.2) is 0 Å². The topological polar surface area (TPSA) is 45.9 Å². The normalized spacial score (nSPS) is 10.3. The zero-order valence-corrected chi connectivity index (χ0v) is 12.1. The molecule has 0 aliphatic heterocycles. The van der Waals surface area contributed by atoms with Crippen LogP contribution < -0.4 is 4.74 Å². The maximum atomic E-state index is 8.76. The average Bonchev–Trinajstić information content (AvgIpc) is 2.41. The van der Waals surface area contributed by atoms with Crippen molar-refractivity contribution >= 4 is 0 Å². The van der Waals surface area contributed by atoms with E-state index in [9.17, 15) is 0 Å². The molecule has 0 aliphatic carbocycles. The number of nitriles is 1. The second-order valence-corrected chi connectivity index (χ2v) is 4.97. The summed E-state index contributed by atoms with van der Waals surface area (Å²) >= 11 is 0. The van der Waals surface area contributed by atoms with E-state index in [4.69, 9.17) is 10.00 Å². The summed E-state index contributed by atoms with van der Waals surface area (Å²) < 4.78 is 5.70. The number of benzene rings is 1. The van der Waals surface area contributed by atoms with Crippen LogP contribution in [-0.4, -0.2) is 11.1 Å². The molecule has 3 heteroatoms. The van der Waals surface area contributed by atoms with E-state index in [1.54, 1.807) is 0 Å². The van der Waals surface area contributed by atoms with Gasteiger partial charge in [-0.2, -0.15) is 5.26 Å². The summed E-state index contributed by atoms with van der Waals surface area (Å²) in [6, 6.07) is 14.0. The molecule has 102 valence electrons. The minimum atomic E-state index is 0.151. The predicted octanol–water partition coefficient (Wildman–Crippen LogP) is 3.91. The number of hydrogen-bond acceptors (Lipinski definition) is 3. The summed E-state index contributed by atoms with van der Waals surface area (Å²) in [5.74, 6) is 0.845. The molecule has 0 spiro atoms. The van der Waals surface area contributed by atoms with Crippen LogP contribution in [0.15, 0.2) is 36.4 Å². The van der Waals surface area contributed by atoms with E-state index < -0.39 is 0 Å². The fraction of sp³-hybridized carbons (Fsp3) is 0.294. The van der Waals surface area contributed by atoms with Crippen molar-refractivity contribution in [3.63, 3.8) is 0 Å². The van der Waals surface area contributed by atoms with Crippen molar-refractivity contribution in [3.8, 4) is 23.1 Å². The molecular formula is C17H18N2O. The molecule has 20 heavy (non-hydrogen) atoms. The van der Waals surface area contributed by atoms with Crippen LogP contribution in [0.2, 0.25) is 0 Å². The van der Waals surface area contributed by atoms with Gasteiger partial charge in [0.05, 0.1) is 24.3 Å². The lowest BCUT2D eigenvalue weighted by atomic mass is 10.1. The highest BCUT2D eigenvalue weighted by Gasteiger charge is 2.06. The van der Waals surface area contributed by atoms with Crippen molar-refractivity contribution in [1.29, 1.82) is 5.26 Å². The summed E-state index contributed by atoms with van der Waals surface area (Å²) in [6.45, 7) is 5.95. The van der Waals surface area contributed by atoms with Gasteiger partial charge in [-0.15, -0.1) is 0 Å². The Morgan fingerprint density at radius 2 is 2.05 bits per heavy atom. The molecule has 2 aromatic rings. The van der Waals surface area contributed by atoms with Crippen molar-refractivity contribution in [2.75, 3.05) is 0 Å². The van der Waals surface area contributed by atoms with Crippen LogP contribution in [0.25, 0.3) is 11.3 Å². The lowest BCUT2D eigenvalue weighted by molar-refractivity contribution is 0.242. The van der Waals surface area contributed by atoms with E-state index in [-0.39, 0.29) is 6.10 Å². The predicted molar refractivity (Wildman–Crippen MR) is 79.5 cm³/mol. The molecule has 1 heterocycles. The average molecular weight is 266 g/mol. The Morgan fingerprint density at radius 3 is 2.70 bits per heavy atom. The van der Waals surface area contributed by atoms with Crippen molar-refractivity contribution in [1.82, 2.24) is 4.98 Å². The van der Waals surface area contributed by atoms with Gasteiger partial charge in [-0.25, -0.2) is 0 Å². The van der Waals surface area contributed by atoms with Gasteiger partial charge in [0.25, 0.3) is 0 Å². The largest absolute Gasteiger partial charge is 0.491 e. The standard InChI is InChI=1S/C17H18N2O/c1-12(2)20-16-6-4-5-15(11-16)17-8-7-14(9-10-18)13(3)19-17/h4-8,11-12H,9H2,1-3H3. The first-order valence-corrected chi connectivity index (χ1v) is 6.70. The molecule has 0 aliphatic rings. The third-order valence-electron chi connectivity index (χ3n) is 2.97. The monoisotopic (exact) mass is 266 g/mol. The number of pyridine rings is 1. The molecule has 0 radical (unpaired) electrons. The Labute approximate surface area is 119 Å².